The van der Waals surface area contributed by atoms with Crippen LogP contribution in [0.5, 0.6) is 0 Å². The first-order valence-electron chi connectivity index (χ1n) is 10.4. The molecule has 1 aliphatic rings. The zero-order valence-electron chi connectivity index (χ0n) is 17.5. The van der Waals surface area contributed by atoms with Gasteiger partial charge in [-0.25, -0.2) is 4.98 Å². The zero-order chi connectivity index (χ0) is 21.1. The van der Waals surface area contributed by atoms with Crippen molar-refractivity contribution in [2.24, 2.45) is 0 Å². The lowest BCUT2D eigenvalue weighted by atomic mass is 9.99. The summed E-state index contributed by atoms with van der Waals surface area (Å²) in [4.78, 5) is 24.3. The van der Waals surface area contributed by atoms with Gasteiger partial charge >= 0.3 is 0 Å². The number of hydrogen-bond donors (Lipinski definition) is 2. The molecule has 1 saturated heterocycles. The Morgan fingerprint density at radius 2 is 1.77 bits per heavy atom. The van der Waals surface area contributed by atoms with Gasteiger partial charge < -0.3 is 16.0 Å². The van der Waals surface area contributed by atoms with E-state index < -0.39 is 0 Å². The number of aromatic nitrogens is 2. The predicted molar refractivity (Wildman–Crippen MR) is 122 cm³/mol. The number of anilines is 3. The number of benzene rings is 1. The molecule has 6 nitrogen and oxygen atoms in total. The molecule has 1 aromatic carbocycles. The molecule has 0 aliphatic carbocycles. The highest BCUT2D eigenvalue weighted by atomic mass is 16.1. The molecule has 0 radical (unpaired) electrons. The highest BCUT2D eigenvalue weighted by Crippen LogP contribution is 2.30. The summed E-state index contributed by atoms with van der Waals surface area (Å²) in [7, 11) is 0. The van der Waals surface area contributed by atoms with E-state index in [0.29, 0.717) is 11.4 Å². The van der Waals surface area contributed by atoms with Crippen molar-refractivity contribution in [2.75, 3.05) is 29.0 Å². The van der Waals surface area contributed by atoms with Crippen LogP contribution < -0.4 is 16.0 Å². The summed E-state index contributed by atoms with van der Waals surface area (Å²) < 4.78 is 0. The average molecular weight is 402 g/mol. The molecule has 0 atom stereocenters. The van der Waals surface area contributed by atoms with Gasteiger partial charge in [0.15, 0.2) is 5.69 Å². The number of piperidine rings is 1. The smallest absolute Gasteiger partial charge is 0.276 e. The van der Waals surface area contributed by atoms with Gasteiger partial charge in [-0.05, 0) is 62.4 Å². The van der Waals surface area contributed by atoms with Crippen LogP contribution in [0.15, 0.2) is 48.8 Å². The molecule has 1 amide bonds. The Bertz CT molecular complexity index is 1050. The van der Waals surface area contributed by atoms with Crippen molar-refractivity contribution in [1.29, 1.82) is 0 Å². The Balaban J connectivity index is 1.65. The Morgan fingerprint density at radius 3 is 2.50 bits per heavy atom. The summed E-state index contributed by atoms with van der Waals surface area (Å²) in [6.45, 7) is 6.05. The minimum Gasteiger partial charge on any atom is -0.397 e. The third-order valence-electron chi connectivity index (χ3n) is 5.62. The fraction of sp³-hybridized carbons (Fsp3) is 0.292. The summed E-state index contributed by atoms with van der Waals surface area (Å²) >= 11 is 0. The van der Waals surface area contributed by atoms with Crippen molar-refractivity contribution in [2.45, 2.75) is 33.1 Å². The van der Waals surface area contributed by atoms with Crippen molar-refractivity contribution in [3.63, 3.8) is 0 Å². The molecule has 1 fully saturated rings. The first-order valence-corrected chi connectivity index (χ1v) is 10.4. The quantitative estimate of drug-likeness (QED) is 0.668. The van der Waals surface area contributed by atoms with E-state index >= 15 is 0 Å². The number of nitrogen functional groups attached to an aromatic ring is 1. The van der Waals surface area contributed by atoms with E-state index in [9.17, 15) is 4.79 Å². The van der Waals surface area contributed by atoms with E-state index in [1.807, 2.05) is 44.2 Å². The minimum atomic E-state index is -0.327. The fourth-order valence-electron chi connectivity index (χ4n) is 4.09. The van der Waals surface area contributed by atoms with Gasteiger partial charge in [-0.1, -0.05) is 18.2 Å². The second kappa shape index (κ2) is 8.53. The highest BCUT2D eigenvalue weighted by Gasteiger charge is 2.19. The van der Waals surface area contributed by atoms with Crippen LogP contribution in [0.25, 0.3) is 11.3 Å². The molecule has 0 unspecified atom stereocenters. The van der Waals surface area contributed by atoms with E-state index in [4.69, 9.17) is 5.73 Å². The van der Waals surface area contributed by atoms with Crippen LogP contribution in [0.2, 0.25) is 0 Å². The number of rotatable bonds is 4. The molecule has 2 aromatic heterocycles. The number of pyridine rings is 2. The number of amides is 1. The van der Waals surface area contributed by atoms with Crippen molar-refractivity contribution >= 4 is 23.0 Å². The van der Waals surface area contributed by atoms with Gasteiger partial charge in [-0.15, -0.1) is 0 Å². The molecule has 1 aliphatic heterocycles. The third-order valence-corrected chi connectivity index (χ3v) is 5.62. The summed E-state index contributed by atoms with van der Waals surface area (Å²) in [5, 5.41) is 2.99. The van der Waals surface area contributed by atoms with Gasteiger partial charge in [-0.2, -0.15) is 0 Å². The molecule has 4 rings (SSSR count). The first kappa shape index (κ1) is 19.9. The average Bonchev–Trinajstić information content (AvgIpc) is 2.75. The van der Waals surface area contributed by atoms with E-state index in [-0.39, 0.29) is 11.6 Å². The number of nitrogens with zero attached hydrogens (tertiary/aromatic N) is 3. The second-order valence-electron chi connectivity index (χ2n) is 7.80. The molecular weight excluding hydrogens is 374 g/mol. The number of hydrogen-bond acceptors (Lipinski definition) is 5. The van der Waals surface area contributed by atoms with Gasteiger partial charge in [0.1, 0.15) is 0 Å². The molecule has 6 heteroatoms. The van der Waals surface area contributed by atoms with Gasteiger partial charge in [0.2, 0.25) is 0 Å². The number of nitrogens with one attached hydrogen (secondary N) is 1. The minimum absolute atomic E-state index is 0.226. The van der Waals surface area contributed by atoms with Crippen molar-refractivity contribution in [1.82, 2.24) is 9.97 Å². The number of carbonyl (C=O) groups is 1. The number of aryl methyl sites for hydroxylation is 2. The topological polar surface area (TPSA) is 84.1 Å². The van der Waals surface area contributed by atoms with Crippen LogP contribution in [-0.2, 0) is 0 Å². The lowest BCUT2D eigenvalue weighted by molar-refractivity contribution is 0.102. The molecule has 0 bridgehead atoms. The van der Waals surface area contributed by atoms with Crippen molar-refractivity contribution in [3.8, 4) is 11.3 Å². The number of carbonyl (C=O) groups excluding carboxylic acids is 1. The Kier molecular flexibility index (Phi) is 5.65. The third kappa shape index (κ3) is 3.99. The summed E-state index contributed by atoms with van der Waals surface area (Å²) in [5.41, 5.74) is 12.4. The lowest BCUT2D eigenvalue weighted by Crippen LogP contribution is -2.30. The van der Waals surface area contributed by atoms with Crippen molar-refractivity contribution < 1.29 is 4.79 Å². The summed E-state index contributed by atoms with van der Waals surface area (Å²) in [6, 6.07) is 11.7. The maximum absolute atomic E-state index is 13.1. The fourth-order valence-corrected chi connectivity index (χ4v) is 4.09. The first-order chi connectivity index (χ1) is 14.5. The monoisotopic (exact) mass is 401 g/mol. The summed E-state index contributed by atoms with van der Waals surface area (Å²) in [6.07, 6.45) is 7.00. The van der Waals surface area contributed by atoms with E-state index in [0.717, 1.165) is 54.0 Å². The lowest BCUT2D eigenvalue weighted by Gasteiger charge is -2.30. The van der Waals surface area contributed by atoms with Crippen LogP contribution in [0.4, 0.5) is 17.1 Å². The van der Waals surface area contributed by atoms with Gasteiger partial charge in [-0.3, -0.25) is 9.78 Å². The SMILES string of the molecule is Cc1cccc(C)c1-c1ccc(N)c(C(=O)Nc2cnccc2N2CCCCC2)n1. The molecule has 0 spiro atoms. The van der Waals surface area contributed by atoms with Gasteiger partial charge in [0.25, 0.3) is 5.91 Å². The van der Waals surface area contributed by atoms with Crippen LogP contribution in [0.1, 0.15) is 40.9 Å². The molecular formula is C24H27N5O. The van der Waals surface area contributed by atoms with Crippen LogP contribution in [0, 0.1) is 13.8 Å². The maximum atomic E-state index is 13.1. The molecule has 3 heterocycles. The molecule has 0 saturated carbocycles. The van der Waals surface area contributed by atoms with Crippen LogP contribution in [0.3, 0.4) is 0 Å². The van der Waals surface area contributed by atoms with Crippen molar-refractivity contribution in [3.05, 3.63) is 65.6 Å². The van der Waals surface area contributed by atoms with E-state index in [1.165, 1.54) is 6.42 Å². The van der Waals surface area contributed by atoms with E-state index in [2.05, 4.69) is 20.2 Å². The Hall–Kier alpha value is -3.41. The number of nitrogens with two attached hydrogens (primary N) is 1. The second-order valence-corrected chi connectivity index (χ2v) is 7.80. The normalized spacial score (nSPS) is 13.9. The van der Waals surface area contributed by atoms with E-state index in [1.54, 1.807) is 18.5 Å². The molecule has 30 heavy (non-hydrogen) atoms. The highest BCUT2D eigenvalue weighted by molar-refractivity contribution is 6.08. The Labute approximate surface area is 177 Å². The van der Waals surface area contributed by atoms with Crippen LogP contribution in [-0.4, -0.2) is 29.0 Å². The molecule has 154 valence electrons. The maximum Gasteiger partial charge on any atom is 0.276 e. The van der Waals surface area contributed by atoms with Crippen LogP contribution >= 0.6 is 0 Å². The largest absolute Gasteiger partial charge is 0.397 e. The molecule has 3 aromatic rings. The summed E-state index contributed by atoms with van der Waals surface area (Å²) in [5.74, 6) is -0.327. The predicted octanol–water partition coefficient (Wildman–Crippen LogP) is 4.59. The van der Waals surface area contributed by atoms with Gasteiger partial charge in [0, 0.05) is 24.8 Å². The van der Waals surface area contributed by atoms with Gasteiger partial charge in [0.05, 0.1) is 29.0 Å². The standard InChI is InChI=1S/C24H27N5O/c1-16-7-6-8-17(2)22(16)19-10-9-18(25)23(27-19)24(30)28-20-15-26-12-11-21(20)29-13-4-3-5-14-29/h6-12,15H,3-5,13-14,25H2,1-2H3,(H,28,30). The zero-order valence-corrected chi connectivity index (χ0v) is 17.5. The Morgan fingerprint density at radius 1 is 1.03 bits per heavy atom. The molecule has 3 N–H and O–H groups in total.